The van der Waals surface area contributed by atoms with Gasteiger partial charge in [-0.05, 0) is 43.5 Å². The molecule has 1 amide bonds. The first kappa shape index (κ1) is 19.9. The van der Waals surface area contributed by atoms with Crippen molar-refractivity contribution in [3.05, 3.63) is 65.7 Å². The summed E-state index contributed by atoms with van der Waals surface area (Å²) in [6.45, 7) is 4.36. The predicted molar refractivity (Wildman–Crippen MR) is 103 cm³/mol. The second kappa shape index (κ2) is 8.83. The van der Waals surface area contributed by atoms with E-state index in [1.54, 1.807) is 14.0 Å². The lowest BCUT2D eigenvalue weighted by Gasteiger charge is -2.41. The van der Waals surface area contributed by atoms with Gasteiger partial charge in [0.05, 0.1) is 7.11 Å². The molecule has 0 radical (unpaired) electrons. The van der Waals surface area contributed by atoms with Gasteiger partial charge in [-0.3, -0.25) is 9.69 Å². The standard InChI is InChI=1S/C21H28N2O3/c1-16(14-17-10-12-19(25-3)13-11-17)23(21(2,26-4)20(22)24)15-18-8-6-5-7-9-18/h5-13,16H,14-15H2,1-4H3,(H2,22,24). The van der Waals surface area contributed by atoms with Crippen LogP contribution in [0, 0.1) is 0 Å². The summed E-state index contributed by atoms with van der Waals surface area (Å²) < 4.78 is 10.8. The molecular weight excluding hydrogens is 328 g/mol. The molecule has 2 aromatic carbocycles. The first-order chi connectivity index (χ1) is 12.4. The highest BCUT2D eigenvalue weighted by Gasteiger charge is 2.40. The topological polar surface area (TPSA) is 64.8 Å². The quantitative estimate of drug-likeness (QED) is 0.702. The summed E-state index contributed by atoms with van der Waals surface area (Å²) in [6.07, 6.45) is 0.753. The Morgan fingerprint density at radius 1 is 1.08 bits per heavy atom. The second-order valence-electron chi connectivity index (χ2n) is 6.57. The Bertz CT molecular complexity index is 703. The van der Waals surface area contributed by atoms with Gasteiger partial charge in [0.15, 0.2) is 5.72 Å². The van der Waals surface area contributed by atoms with E-state index in [9.17, 15) is 4.79 Å². The molecule has 2 aromatic rings. The van der Waals surface area contributed by atoms with Gasteiger partial charge in [0.2, 0.25) is 0 Å². The summed E-state index contributed by atoms with van der Waals surface area (Å²) in [6, 6.07) is 18.0. The minimum atomic E-state index is -1.19. The zero-order valence-electron chi connectivity index (χ0n) is 15.9. The minimum Gasteiger partial charge on any atom is -0.497 e. The average molecular weight is 356 g/mol. The number of benzene rings is 2. The Labute approximate surface area is 155 Å². The largest absolute Gasteiger partial charge is 0.497 e. The highest BCUT2D eigenvalue weighted by atomic mass is 16.5. The van der Waals surface area contributed by atoms with E-state index in [4.69, 9.17) is 15.2 Å². The first-order valence-electron chi connectivity index (χ1n) is 8.69. The van der Waals surface area contributed by atoms with Crippen LogP contribution in [0.25, 0.3) is 0 Å². The zero-order chi connectivity index (χ0) is 19.2. The van der Waals surface area contributed by atoms with Gasteiger partial charge in [-0.1, -0.05) is 42.5 Å². The lowest BCUT2D eigenvalue weighted by Crippen LogP contribution is -2.59. The van der Waals surface area contributed by atoms with Crippen molar-refractivity contribution in [1.82, 2.24) is 4.90 Å². The number of carbonyl (C=O) groups is 1. The summed E-state index contributed by atoms with van der Waals surface area (Å²) in [5.74, 6) is 0.318. The average Bonchev–Trinajstić information content (AvgIpc) is 2.66. The van der Waals surface area contributed by atoms with E-state index in [-0.39, 0.29) is 6.04 Å². The maximum atomic E-state index is 12.2. The van der Waals surface area contributed by atoms with Crippen molar-refractivity contribution in [2.24, 2.45) is 5.73 Å². The molecule has 0 aliphatic rings. The van der Waals surface area contributed by atoms with Gasteiger partial charge < -0.3 is 15.2 Å². The molecule has 0 aliphatic heterocycles. The number of nitrogens with zero attached hydrogens (tertiary/aromatic N) is 1. The Hall–Kier alpha value is -2.37. The molecule has 0 aliphatic carbocycles. The van der Waals surface area contributed by atoms with Crippen molar-refractivity contribution >= 4 is 5.91 Å². The smallest absolute Gasteiger partial charge is 0.264 e. The third kappa shape index (κ3) is 4.62. The van der Waals surface area contributed by atoms with Gasteiger partial charge in [-0.25, -0.2) is 0 Å². The molecule has 2 rings (SSSR count). The van der Waals surface area contributed by atoms with Gasteiger partial charge in [-0.2, -0.15) is 0 Å². The van der Waals surface area contributed by atoms with Gasteiger partial charge in [0, 0.05) is 19.7 Å². The summed E-state index contributed by atoms with van der Waals surface area (Å²) in [7, 11) is 3.17. The lowest BCUT2D eigenvalue weighted by molar-refractivity contribution is -0.172. The van der Waals surface area contributed by atoms with E-state index in [0.29, 0.717) is 6.54 Å². The van der Waals surface area contributed by atoms with Crippen molar-refractivity contribution in [2.45, 2.75) is 38.6 Å². The van der Waals surface area contributed by atoms with E-state index >= 15 is 0 Å². The van der Waals surface area contributed by atoms with Crippen LogP contribution in [0.2, 0.25) is 0 Å². The fraction of sp³-hybridized carbons (Fsp3) is 0.381. The summed E-state index contributed by atoms with van der Waals surface area (Å²) in [5, 5.41) is 0. The highest BCUT2D eigenvalue weighted by molar-refractivity contribution is 5.82. The molecule has 5 nitrogen and oxygen atoms in total. The zero-order valence-corrected chi connectivity index (χ0v) is 15.9. The predicted octanol–water partition coefficient (Wildman–Crippen LogP) is 2.98. The summed E-state index contributed by atoms with van der Waals surface area (Å²) >= 11 is 0. The Balaban J connectivity index is 2.27. The molecule has 140 valence electrons. The highest BCUT2D eigenvalue weighted by Crippen LogP contribution is 2.25. The van der Waals surface area contributed by atoms with Gasteiger partial charge >= 0.3 is 0 Å². The van der Waals surface area contributed by atoms with Gasteiger partial charge in [0.25, 0.3) is 5.91 Å². The van der Waals surface area contributed by atoms with Crippen LogP contribution in [0.4, 0.5) is 0 Å². The Morgan fingerprint density at radius 3 is 2.19 bits per heavy atom. The number of primary amides is 1. The van der Waals surface area contributed by atoms with Gasteiger partial charge in [-0.15, -0.1) is 0 Å². The number of rotatable bonds is 9. The molecule has 2 N–H and O–H groups in total. The van der Waals surface area contributed by atoms with Crippen molar-refractivity contribution < 1.29 is 14.3 Å². The van der Waals surface area contributed by atoms with E-state index < -0.39 is 11.6 Å². The second-order valence-corrected chi connectivity index (χ2v) is 6.57. The number of hydrogen-bond donors (Lipinski definition) is 1. The van der Waals surface area contributed by atoms with Crippen LogP contribution in [0.15, 0.2) is 54.6 Å². The fourth-order valence-corrected chi connectivity index (χ4v) is 3.08. The minimum absolute atomic E-state index is 0.0288. The van der Waals surface area contributed by atoms with Crippen molar-refractivity contribution in [1.29, 1.82) is 0 Å². The third-order valence-corrected chi connectivity index (χ3v) is 4.82. The molecule has 0 saturated heterocycles. The molecule has 0 saturated carbocycles. The van der Waals surface area contributed by atoms with Crippen LogP contribution >= 0.6 is 0 Å². The number of ether oxygens (including phenoxy) is 2. The van der Waals surface area contributed by atoms with E-state index in [1.807, 2.05) is 59.5 Å². The number of carbonyl (C=O) groups excluding carboxylic acids is 1. The molecule has 2 unspecified atom stereocenters. The van der Waals surface area contributed by atoms with Crippen LogP contribution in [0.1, 0.15) is 25.0 Å². The van der Waals surface area contributed by atoms with E-state index in [0.717, 1.165) is 23.3 Å². The van der Waals surface area contributed by atoms with Crippen LogP contribution in [-0.2, 0) is 22.5 Å². The SMILES string of the molecule is COc1ccc(CC(C)N(Cc2ccccc2)C(C)(OC)C(N)=O)cc1. The maximum absolute atomic E-state index is 12.2. The molecule has 0 heterocycles. The number of methoxy groups -OCH3 is 2. The summed E-state index contributed by atoms with van der Waals surface area (Å²) in [5.41, 5.74) is 6.74. The van der Waals surface area contributed by atoms with Crippen LogP contribution < -0.4 is 10.5 Å². The van der Waals surface area contributed by atoms with Crippen LogP contribution in [0.3, 0.4) is 0 Å². The number of hydrogen-bond acceptors (Lipinski definition) is 4. The van der Waals surface area contributed by atoms with E-state index in [2.05, 4.69) is 6.92 Å². The number of amides is 1. The van der Waals surface area contributed by atoms with Gasteiger partial charge in [0.1, 0.15) is 5.75 Å². The normalized spacial score (nSPS) is 14.7. The third-order valence-electron chi connectivity index (χ3n) is 4.82. The Kier molecular flexibility index (Phi) is 6.77. The molecule has 0 bridgehead atoms. The van der Waals surface area contributed by atoms with Crippen LogP contribution in [-0.4, -0.2) is 36.8 Å². The van der Waals surface area contributed by atoms with Crippen molar-refractivity contribution in [3.63, 3.8) is 0 Å². The summed E-state index contributed by atoms with van der Waals surface area (Å²) in [4.78, 5) is 14.2. The maximum Gasteiger partial charge on any atom is 0.264 e. The monoisotopic (exact) mass is 356 g/mol. The molecule has 0 aromatic heterocycles. The van der Waals surface area contributed by atoms with Crippen LogP contribution in [0.5, 0.6) is 5.75 Å². The lowest BCUT2D eigenvalue weighted by atomic mass is 10.0. The van der Waals surface area contributed by atoms with E-state index in [1.165, 1.54) is 7.11 Å². The first-order valence-corrected chi connectivity index (χ1v) is 8.69. The molecule has 26 heavy (non-hydrogen) atoms. The molecule has 0 spiro atoms. The number of nitrogens with two attached hydrogens (primary N) is 1. The molecular formula is C21H28N2O3. The fourth-order valence-electron chi connectivity index (χ4n) is 3.08. The van der Waals surface area contributed by atoms with Crippen molar-refractivity contribution in [2.75, 3.05) is 14.2 Å². The molecule has 5 heteroatoms. The van der Waals surface area contributed by atoms with Crippen molar-refractivity contribution in [3.8, 4) is 5.75 Å². The molecule has 0 fully saturated rings. The molecule has 2 atom stereocenters. The Morgan fingerprint density at radius 2 is 1.69 bits per heavy atom.